The summed E-state index contributed by atoms with van der Waals surface area (Å²) in [4.78, 5) is 106. The Morgan fingerprint density at radius 3 is 2.22 bits per heavy atom. The van der Waals surface area contributed by atoms with Crippen molar-refractivity contribution in [2.45, 2.75) is 109 Å². The second kappa shape index (κ2) is 25.5. The van der Waals surface area contributed by atoms with Gasteiger partial charge in [0, 0.05) is 99.9 Å². The first kappa shape index (κ1) is 58.1. The fourth-order valence-electron chi connectivity index (χ4n) is 11.8. The number of nitrogens with zero attached hydrogens (tertiary/aromatic N) is 7. The van der Waals surface area contributed by atoms with Crippen LogP contribution in [-0.2, 0) is 32.1 Å². The van der Waals surface area contributed by atoms with Gasteiger partial charge >= 0.3 is 6.09 Å². The highest BCUT2D eigenvalue weighted by molar-refractivity contribution is 5.98. The number of halogens is 3. The molecule has 1 aromatic heterocycles. The van der Waals surface area contributed by atoms with Crippen LogP contribution in [0.3, 0.4) is 0 Å². The second-order valence-electron chi connectivity index (χ2n) is 23.1. The molecule has 5 aromatic rings. The predicted octanol–water partition coefficient (Wildman–Crippen LogP) is 7.27. The highest BCUT2D eigenvalue weighted by Crippen LogP contribution is 2.31. The SMILES string of the molecule is C[C@H]1CN(CC(=O)N2CCN(C(=O)c3cc(Cc4n[nH]c(=O)c5ccccc45)ccc3F)CC2)CCN1C(=O)[C@H](NC(=O)c1cccc([C@@H]2CCCN(C(=O)CN(Cc3ccc(F)cc3F)C(=O)OC(C)(C)C)C2)c1)C1CCCCC1. The van der Waals surface area contributed by atoms with Gasteiger partial charge in [-0.1, -0.05) is 61.7 Å². The summed E-state index contributed by atoms with van der Waals surface area (Å²) in [7, 11) is 0. The van der Waals surface area contributed by atoms with E-state index in [0.717, 1.165) is 61.1 Å². The number of amides is 6. The highest BCUT2D eigenvalue weighted by atomic mass is 19.1. The van der Waals surface area contributed by atoms with E-state index in [1.54, 1.807) is 71.9 Å². The maximum Gasteiger partial charge on any atom is 0.411 e. The van der Waals surface area contributed by atoms with Crippen molar-refractivity contribution in [2.24, 2.45) is 5.92 Å². The van der Waals surface area contributed by atoms with Crippen molar-refractivity contribution in [3.05, 3.63) is 146 Å². The van der Waals surface area contributed by atoms with Crippen molar-refractivity contribution in [3.63, 3.8) is 0 Å². The molecular weight excluding hydrogens is 1040 g/mol. The molecule has 430 valence electrons. The fraction of sp³-hybridized carbons (Fsp3) is 0.475. The van der Waals surface area contributed by atoms with E-state index < -0.39 is 47.6 Å². The monoisotopic (exact) mass is 1120 g/mol. The second-order valence-corrected chi connectivity index (χ2v) is 23.1. The maximum absolute atomic E-state index is 15.2. The first-order chi connectivity index (χ1) is 38.8. The zero-order valence-corrected chi connectivity index (χ0v) is 46.6. The molecule has 4 heterocycles. The van der Waals surface area contributed by atoms with Gasteiger partial charge in [-0.15, -0.1) is 0 Å². The van der Waals surface area contributed by atoms with Gasteiger partial charge in [0.05, 0.1) is 29.7 Å². The Labute approximate surface area is 469 Å². The van der Waals surface area contributed by atoms with Gasteiger partial charge < -0.3 is 29.7 Å². The van der Waals surface area contributed by atoms with E-state index in [1.165, 1.54) is 18.2 Å². The number of carbonyl (C=O) groups is 6. The third-order valence-corrected chi connectivity index (χ3v) is 16.1. The Bertz CT molecular complexity index is 3210. The molecule has 0 unspecified atom stereocenters. The number of hydrogen-bond donors (Lipinski definition) is 2. The third-order valence-electron chi connectivity index (χ3n) is 16.1. The van der Waals surface area contributed by atoms with Crippen molar-refractivity contribution >= 4 is 46.4 Å². The fourth-order valence-corrected chi connectivity index (χ4v) is 11.8. The Morgan fingerprint density at radius 2 is 1.49 bits per heavy atom. The number of benzene rings is 4. The Hall–Kier alpha value is -7.61. The first-order valence-electron chi connectivity index (χ1n) is 28.2. The largest absolute Gasteiger partial charge is 0.444 e. The number of likely N-dealkylation sites (tertiary alicyclic amines) is 1. The third kappa shape index (κ3) is 14.3. The molecule has 4 aromatic carbocycles. The zero-order valence-electron chi connectivity index (χ0n) is 46.6. The van der Waals surface area contributed by atoms with Crippen LogP contribution in [0.4, 0.5) is 18.0 Å². The van der Waals surface area contributed by atoms with E-state index in [9.17, 15) is 42.3 Å². The Balaban J connectivity index is 0.779. The normalized spacial score (nSPS) is 18.8. The van der Waals surface area contributed by atoms with Crippen LogP contribution >= 0.6 is 0 Å². The zero-order chi connectivity index (χ0) is 57.5. The van der Waals surface area contributed by atoms with E-state index in [4.69, 9.17) is 4.74 Å². The van der Waals surface area contributed by atoms with E-state index in [2.05, 4.69) is 15.5 Å². The molecule has 81 heavy (non-hydrogen) atoms. The Kier molecular flexibility index (Phi) is 18.2. The van der Waals surface area contributed by atoms with Crippen molar-refractivity contribution in [1.82, 2.24) is 44.9 Å². The summed E-state index contributed by atoms with van der Waals surface area (Å²) in [6.07, 6.45) is 5.39. The summed E-state index contributed by atoms with van der Waals surface area (Å²) in [6.45, 7) is 9.42. The lowest BCUT2D eigenvalue weighted by Crippen LogP contribution is -2.61. The van der Waals surface area contributed by atoms with Crippen LogP contribution in [0, 0.1) is 23.4 Å². The minimum atomic E-state index is -0.893. The lowest BCUT2D eigenvalue weighted by molar-refractivity contribution is -0.141. The van der Waals surface area contributed by atoms with Gasteiger partial charge in [-0.05, 0) is 107 Å². The van der Waals surface area contributed by atoms with E-state index >= 15 is 4.39 Å². The number of carbonyl (C=O) groups excluding carboxylic acids is 6. The number of aromatic amines is 1. The van der Waals surface area contributed by atoms with Crippen LogP contribution < -0.4 is 10.9 Å². The summed E-state index contributed by atoms with van der Waals surface area (Å²) in [5, 5.41) is 11.1. The van der Waals surface area contributed by atoms with E-state index in [0.29, 0.717) is 66.7 Å². The highest BCUT2D eigenvalue weighted by Gasteiger charge is 2.39. The number of H-pyrrole nitrogens is 1. The topological polar surface area (TPSA) is 189 Å². The average molecular weight is 1120 g/mol. The molecule has 2 N–H and O–H groups in total. The maximum atomic E-state index is 15.2. The van der Waals surface area contributed by atoms with Crippen molar-refractivity contribution < 1.29 is 46.7 Å². The molecule has 0 spiro atoms. The first-order valence-corrected chi connectivity index (χ1v) is 28.2. The number of fused-ring (bicyclic) bond motifs is 1. The number of rotatable bonds is 14. The van der Waals surface area contributed by atoms with Crippen molar-refractivity contribution in [2.75, 3.05) is 72.0 Å². The molecule has 3 aliphatic heterocycles. The minimum absolute atomic E-state index is 0.0336. The quantitative estimate of drug-likeness (QED) is 0.115. The van der Waals surface area contributed by atoms with Gasteiger partial charge in [0.1, 0.15) is 35.6 Å². The number of ether oxygens (including phenoxy) is 1. The number of piperidine rings is 1. The van der Waals surface area contributed by atoms with E-state index in [1.807, 2.05) is 34.9 Å². The molecule has 1 saturated carbocycles. The van der Waals surface area contributed by atoms with Crippen LogP contribution in [0.1, 0.15) is 122 Å². The molecule has 3 atom stereocenters. The molecule has 9 rings (SSSR count). The van der Waals surface area contributed by atoms with Gasteiger partial charge in [0.15, 0.2) is 0 Å². The molecule has 17 nitrogen and oxygen atoms in total. The lowest BCUT2D eigenvalue weighted by atomic mass is 9.83. The molecule has 4 aliphatic rings. The Morgan fingerprint density at radius 1 is 0.753 bits per heavy atom. The average Bonchev–Trinajstić information content (AvgIpc) is 3.48. The predicted molar refractivity (Wildman–Crippen MR) is 297 cm³/mol. The minimum Gasteiger partial charge on any atom is -0.444 e. The van der Waals surface area contributed by atoms with Gasteiger partial charge in [-0.3, -0.25) is 38.6 Å². The number of aromatic nitrogens is 2. The van der Waals surface area contributed by atoms with Gasteiger partial charge in [-0.2, -0.15) is 5.10 Å². The van der Waals surface area contributed by atoms with Crippen molar-refractivity contribution in [3.8, 4) is 0 Å². The molecule has 3 saturated heterocycles. The van der Waals surface area contributed by atoms with Crippen LogP contribution in [0.2, 0.25) is 0 Å². The number of nitrogens with one attached hydrogen (secondary N) is 2. The molecule has 0 bridgehead atoms. The summed E-state index contributed by atoms with van der Waals surface area (Å²) in [6, 6.07) is 20.7. The van der Waals surface area contributed by atoms with Crippen LogP contribution in [0.15, 0.2) is 89.7 Å². The standard InChI is InChI=1S/C61H72F3N9O8/c1-39-34-68(37-53(74)69-25-27-70(28-26-69)58(78)49-30-40(19-22-50(49)63)31-52-47-17-8-9-18-48(47)57(77)67-66-52)24-29-73(39)59(79)55(41-12-6-5-7-13-41)65-56(76)43-15-10-14-42(32-43)44-16-11-23-71(35-44)54(75)38-72(60(80)81-61(2,3)4)36-45-20-21-46(62)33-51(45)64/h8-10,14-15,17-22,30,32-33,39,41,44,55H,5-7,11-13,16,23-29,31,34-38H2,1-4H3,(H,65,76)(H,67,77)/t39-,44+,55+/m0/s1. The van der Waals surface area contributed by atoms with Gasteiger partial charge in [0.2, 0.25) is 17.7 Å². The molecule has 1 aliphatic carbocycles. The molecular formula is C61H72F3N9O8. The number of piperazine rings is 2. The molecule has 4 fully saturated rings. The molecule has 20 heteroatoms. The number of hydrogen-bond acceptors (Lipinski definition) is 10. The van der Waals surface area contributed by atoms with Crippen LogP contribution in [0.25, 0.3) is 10.8 Å². The van der Waals surface area contributed by atoms with Crippen LogP contribution in [0.5, 0.6) is 0 Å². The van der Waals surface area contributed by atoms with Crippen LogP contribution in [-0.4, -0.2) is 165 Å². The summed E-state index contributed by atoms with van der Waals surface area (Å²) < 4.78 is 49.3. The summed E-state index contributed by atoms with van der Waals surface area (Å²) in [5.41, 5.74) is 1.23. The summed E-state index contributed by atoms with van der Waals surface area (Å²) in [5.74, 6) is -3.94. The molecule has 6 amide bonds. The van der Waals surface area contributed by atoms with Gasteiger partial charge in [-0.25, -0.2) is 23.1 Å². The smallest absolute Gasteiger partial charge is 0.411 e. The van der Waals surface area contributed by atoms with Gasteiger partial charge in [0.25, 0.3) is 17.4 Å². The van der Waals surface area contributed by atoms with Crippen molar-refractivity contribution in [1.29, 1.82) is 0 Å². The lowest BCUT2D eigenvalue weighted by Gasteiger charge is -2.43. The van der Waals surface area contributed by atoms with E-state index in [-0.39, 0.29) is 104 Å². The summed E-state index contributed by atoms with van der Waals surface area (Å²) >= 11 is 0. The molecule has 0 radical (unpaired) electrons.